The van der Waals surface area contributed by atoms with Crippen molar-refractivity contribution in [3.05, 3.63) is 70.8 Å². The molecule has 0 bridgehead atoms. The van der Waals surface area contributed by atoms with Crippen LogP contribution in [0.15, 0.2) is 48.5 Å². The zero-order chi connectivity index (χ0) is 26.1. The summed E-state index contributed by atoms with van der Waals surface area (Å²) in [6.45, 7) is 11.1. The number of phenols is 1. The Morgan fingerprint density at radius 3 is 2.25 bits per heavy atom. The number of esters is 1. The molecule has 0 aliphatic heterocycles. The van der Waals surface area contributed by atoms with Crippen molar-refractivity contribution in [1.29, 1.82) is 0 Å². The molecule has 0 unspecified atom stereocenters. The summed E-state index contributed by atoms with van der Waals surface area (Å²) in [5.41, 5.74) is 4.13. The molecule has 1 saturated carbocycles. The molecule has 0 radical (unpaired) electrons. The first kappa shape index (κ1) is 26.0. The third kappa shape index (κ3) is 5.35. The number of carbonyl (C=O) groups excluding carboxylic acids is 2. The number of fused-ring (bicyclic) bond motifs is 1. The molecule has 1 amide bonds. The summed E-state index contributed by atoms with van der Waals surface area (Å²) in [6, 6.07) is 13.5. The summed E-state index contributed by atoms with van der Waals surface area (Å²) in [5.74, 6) is 0.148. The zero-order valence-electron chi connectivity index (χ0n) is 22.3. The Kier molecular flexibility index (Phi) is 7.31. The van der Waals surface area contributed by atoms with Crippen LogP contribution in [0.3, 0.4) is 0 Å². The minimum atomic E-state index is -0.473. The summed E-state index contributed by atoms with van der Waals surface area (Å²) < 4.78 is 5.66. The Hall–Kier alpha value is -3.08. The lowest BCUT2D eigenvalue weighted by Crippen LogP contribution is -2.36. The normalized spacial score (nSPS) is 21.5. The number of carbonyl (C=O) groups is 2. The van der Waals surface area contributed by atoms with E-state index >= 15 is 0 Å². The number of phenolic OH excluding ortho intramolecular Hbond substituents is 1. The Morgan fingerprint density at radius 1 is 1.03 bits per heavy atom. The van der Waals surface area contributed by atoms with Crippen molar-refractivity contribution in [2.45, 2.75) is 72.3 Å². The van der Waals surface area contributed by atoms with Crippen molar-refractivity contribution < 1.29 is 19.4 Å². The fourth-order valence-electron chi connectivity index (χ4n) is 5.70. The van der Waals surface area contributed by atoms with E-state index in [1.807, 2.05) is 69.9 Å². The lowest BCUT2D eigenvalue weighted by molar-refractivity contribution is -0.161. The molecule has 2 aromatic carbocycles. The molecule has 1 N–H and O–H groups in total. The third-order valence-corrected chi connectivity index (χ3v) is 7.61. The highest BCUT2D eigenvalue weighted by Crippen LogP contribution is 2.51. The van der Waals surface area contributed by atoms with E-state index in [0.29, 0.717) is 18.7 Å². The maximum Gasteiger partial charge on any atom is 0.309 e. The van der Waals surface area contributed by atoms with E-state index in [-0.39, 0.29) is 29.0 Å². The van der Waals surface area contributed by atoms with Gasteiger partial charge in [0.15, 0.2) is 0 Å². The predicted octanol–water partition coefficient (Wildman–Crippen LogP) is 6.38. The minimum absolute atomic E-state index is 0.0318. The summed E-state index contributed by atoms with van der Waals surface area (Å²) in [6.07, 6.45) is 6.55. The Labute approximate surface area is 215 Å². The SMILES string of the molecule is CCN(CC)C(=O)c1ccc(C2=CC3(CCC(C(=O)OC(C)(C)C)CC3)Cc3cccc(O)c32)cc1. The van der Waals surface area contributed by atoms with Gasteiger partial charge in [0.1, 0.15) is 11.4 Å². The van der Waals surface area contributed by atoms with Crippen molar-refractivity contribution in [2.75, 3.05) is 13.1 Å². The standard InChI is InChI=1S/C31H39NO4/c1-6-32(7-2)28(34)22-13-11-21(12-14-22)25-20-31(19-24-9-8-10-26(33)27(24)25)17-15-23(16-18-31)29(35)36-30(3,4)5/h8-14,20,23,33H,6-7,15-19H2,1-5H3. The van der Waals surface area contributed by atoms with Crippen molar-refractivity contribution >= 4 is 17.4 Å². The number of nitrogens with zero attached hydrogens (tertiary/aromatic N) is 1. The molecule has 1 spiro atoms. The molecule has 192 valence electrons. The van der Waals surface area contributed by atoms with E-state index in [1.165, 1.54) is 0 Å². The second kappa shape index (κ2) is 10.1. The first-order chi connectivity index (χ1) is 17.1. The van der Waals surface area contributed by atoms with E-state index in [1.54, 1.807) is 6.07 Å². The van der Waals surface area contributed by atoms with Crippen LogP contribution in [0.4, 0.5) is 0 Å². The van der Waals surface area contributed by atoms with E-state index in [2.05, 4.69) is 12.1 Å². The van der Waals surface area contributed by atoms with Crippen LogP contribution in [0.2, 0.25) is 0 Å². The average Bonchev–Trinajstić information content (AvgIpc) is 2.84. The van der Waals surface area contributed by atoms with Gasteiger partial charge in [-0.2, -0.15) is 0 Å². The average molecular weight is 490 g/mol. The van der Waals surface area contributed by atoms with Gasteiger partial charge in [-0.1, -0.05) is 30.3 Å². The van der Waals surface area contributed by atoms with E-state index in [9.17, 15) is 14.7 Å². The van der Waals surface area contributed by atoms with Gasteiger partial charge >= 0.3 is 5.97 Å². The van der Waals surface area contributed by atoms with E-state index < -0.39 is 5.60 Å². The van der Waals surface area contributed by atoms with Crippen LogP contribution in [-0.4, -0.2) is 40.6 Å². The van der Waals surface area contributed by atoms with Crippen LogP contribution in [-0.2, 0) is 16.0 Å². The molecule has 2 aliphatic carbocycles. The van der Waals surface area contributed by atoms with Crippen LogP contribution in [0.25, 0.3) is 5.57 Å². The highest BCUT2D eigenvalue weighted by Gasteiger charge is 2.41. The lowest BCUT2D eigenvalue weighted by atomic mass is 9.63. The van der Waals surface area contributed by atoms with Crippen LogP contribution >= 0.6 is 0 Å². The van der Waals surface area contributed by atoms with Crippen LogP contribution in [0.1, 0.15) is 87.4 Å². The van der Waals surface area contributed by atoms with E-state index in [4.69, 9.17) is 4.74 Å². The molecule has 0 atom stereocenters. The highest BCUT2D eigenvalue weighted by atomic mass is 16.6. The number of amides is 1. The number of ether oxygens (including phenoxy) is 1. The van der Waals surface area contributed by atoms with Crippen molar-refractivity contribution in [3.8, 4) is 5.75 Å². The third-order valence-electron chi connectivity index (χ3n) is 7.61. The fourth-order valence-corrected chi connectivity index (χ4v) is 5.70. The molecule has 0 heterocycles. The number of aromatic hydroxyl groups is 1. The Balaban J connectivity index is 1.64. The first-order valence-corrected chi connectivity index (χ1v) is 13.2. The molecule has 5 nitrogen and oxygen atoms in total. The van der Waals surface area contributed by atoms with Gasteiger partial charge in [-0.05, 0) is 107 Å². The number of hydrogen-bond acceptors (Lipinski definition) is 4. The van der Waals surface area contributed by atoms with Crippen molar-refractivity contribution in [2.24, 2.45) is 11.3 Å². The van der Waals surface area contributed by atoms with Crippen LogP contribution in [0, 0.1) is 11.3 Å². The maximum absolute atomic E-state index is 12.8. The van der Waals surface area contributed by atoms with Gasteiger partial charge in [0.05, 0.1) is 5.92 Å². The summed E-state index contributed by atoms with van der Waals surface area (Å²) in [5, 5.41) is 10.8. The van der Waals surface area contributed by atoms with Gasteiger partial charge in [0.2, 0.25) is 0 Å². The summed E-state index contributed by atoms with van der Waals surface area (Å²) in [4.78, 5) is 27.3. The zero-order valence-corrected chi connectivity index (χ0v) is 22.3. The lowest BCUT2D eigenvalue weighted by Gasteiger charge is -2.42. The number of rotatable bonds is 5. The van der Waals surface area contributed by atoms with E-state index in [0.717, 1.165) is 54.4 Å². The summed E-state index contributed by atoms with van der Waals surface area (Å²) >= 11 is 0. The molecule has 2 aliphatic rings. The van der Waals surface area contributed by atoms with Gasteiger partial charge in [-0.25, -0.2) is 0 Å². The Bertz CT molecular complexity index is 1140. The molecule has 5 heteroatoms. The van der Waals surface area contributed by atoms with Gasteiger partial charge < -0.3 is 14.7 Å². The van der Waals surface area contributed by atoms with Gasteiger partial charge in [-0.3, -0.25) is 9.59 Å². The quantitative estimate of drug-likeness (QED) is 0.495. The van der Waals surface area contributed by atoms with Crippen molar-refractivity contribution in [3.63, 3.8) is 0 Å². The highest BCUT2D eigenvalue weighted by molar-refractivity contribution is 5.95. The maximum atomic E-state index is 12.8. The smallest absolute Gasteiger partial charge is 0.309 e. The molecule has 0 saturated heterocycles. The predicted molar refractivity (Wildman–Crippen MR) is 143 cm³/mol. The van der Waals surface area contributed by atoms with Gasteiger partial charge in [-0.15, -0.1) is 0 Å². The summed E-state index contributed by atoms with van der Waals surface area (Å²) in [7, 11) is 0. The molecule has 4 rings (SSSR count). The molecule has 0 aromatic heterocycles. The Morgan fingerprint density at radius 2 is 1.67 bits per heavy atom. The second-order valence-electron chi connectivity index (χ2n) is 11.3. The van der Waals surface area contributed by atoms with Crippen LogP contribution < -0.4 is 0 Å². The molecule has 36 heavy (non-hydrogen) atoms. The molecule has 1 fully saturated rings. The number of benzene rings is 2. The topological polar surface area (TPSA) is 66.8 Å². The van der Waals surface area contributed by atoms with Gasteiger partial charge in [0, 0.05) is 24.2 Å². The minimum Gasteiger partial charge on any atom is -0.507 e. The monoisotopic (exact) mass is 489 g/mol. The van der Waals surface area contributed by atoms with Crippen LogP contribution in [0.5, 0.6) is 5.75 Å². The molecular formula is C31H39NO4. The largest absolute Gasteiger partial charge is 0.507 e. The van der Waals surface area contributed by atoms with Crippen molar-refractivity contribution in [1.82, 2.24) is 4.90 Å². The fraction of sp³-hybridized carbons (Fsp3) is 0.484. The number of allylic oxidation sites excluding steroid dienone is 1. The molecule has 2 aromatic rings. The second-order valence-corrected chi connectivity index (χ2v) is 11.3. The first-order valence-electron chi connectivity index (χ1n) is 13.2. The molecular weight excluding hydrogens is 450 g/mol. The van der Waals surface area contributed by atoms with Gasteiger partial charge in [0.25, 0.3) is 5.91 Å². The number of hydrogen-bond donors (Lipinski definition) is 1.